The van der Waals surface area contributed by atoms with Crippen molar-refractivity contribution >= 4 is 41.4 Å². The van der Waals surface area contributed by atoms with Gasteiger partial charge in [-0.25, -0.2) is 9.59 Å². The molecule has 5 heterocycles. The van der Waals surface area contributed by atoms with E-state index in [9.17, 15) is 28.8 Å². The van der Waals surface area contributed by atoms with E-state index in [4.69, 9.17) is 9.47 Å². The van der Waals surface area contributed by atoms with Crippen LogP contribution in [0.1, 0.15) is 57.9 Å². The van der Waals surface area contributed by atoms with Crippen LogP contribution in [0, 0.1) is 5.92 Å². The second-order valence-corrected chi connectivity index (χ2v) is 15.1. The Bertz CT molecular complexity index is 1710. The van der Waals surface area contributed by atoms with Gasteiger partial charge in [-0.05, 0) is 56.9 Å². The number of amides is 6. The quantitative estimate of drug-likeness (QED) is 0.305. The Balaban J connectivity index is 1.27. The summed E-state index contributed by atoms with van der Waals surface area (Å²) in [6, 6.07) is 4.91. The molecule has 0 radical (unpaired) electrons. The molecule has 0 spiro atoms. The number of nitrogens with zero attached hydrogens (tertiary/aromatic N) is 5. The van der Waals surface area contributed by atoms with Crippen LogP contribution >= 0.6 is 0 Å². The number of esters is 1. The molecule has 17 nitrogen and oxygen atoms in total. The predicted molar refractivity (Wildman–Crippen MR) is 199 cm³/mol. The van der Waals surface area contributed by atoms with Crippen LogP contribution < -0.4 is 21.3 Å². The molecule has 0 unspecified atom stereocenters. The molecule has 1 aromatic carbocycles. The molecule has 6 rings (SSSR count). The highest BCUT2D eigenvalue weighted by atomic mass is 16.5. The van der Waals surface area contributed by atoms with E-state index in [0.29, 0.717) is 32.4 Å². The van der Waals surface area contributed by atoms with Gasteiger partial charge < -0.3 is 34.8 Å². The van der Waals surface area contributed by atoms with Crippen molar-refractivity contribution in [1.29, 1.82) is 0 Å². The number of aromatic nitrogens is 2. The third-order valence-electron chi connectivity index (χ3n) is 10.8. The van der Waals surface area contributed by atoms with E-state index < -0.39 is 60.6 Å². The first-order valence-electron chi connectivity index (χ1n) is 19.3. The van der Waals surface area contributed by atoms with E-state index in [1.54, 1.807) is 31.1 Å². The van der Waals surface area contributed by atoms with Crippen LogP contribution in [-0.4, -0.2) is 136 Å². The fourth-order valence-electron chi connectivity index (χ4n) is 7.93. The normalized spacial score (nSPS) is 27.6. The third-order valence-corrected chi connectivity index (χ3v) is 10.8. The van der Waals surface area contributed by atoms with Gasteiger partial charge in [-0.15, -0.1) is 0 Å². The molecule has 7 atom stereocenters. The van der Waals surface area contributed by atoms with E-state index in [1.807, 2.05) is 37.3 Å². The molecular weight excluding hydrogens is 710 g/mol. The zero-order valence-electron chi connectivity index (χ0n) is 31.8. The summed E-state index contributed by atoms with van der Waals surface area (Å²) in [6.45, 7) is 4.61. The lowest BCUT2D eigenvalue weighted by Crippen LogP contribution is -2.60. The van der Waals surface area contributed by atoms with Gasteiger partial charge >= 0.3 is 12.0 Å². The van der Waals surface area contributed by atoms with E-state index in [2.05, 4.69) is 26.4 Å². The summed E-state index contributed by atoms with van der Waals surface area (Å²) >= 11 is 0. The topological polar surface area (TPSA) is 197 Å². The van der Waals surface area contributed by atoms with Crippen LogP contribution in [0.3, 0.4) is 0 Å². The summed E-state index contributed by atoms with van der Waals surface area (Å²) in [5, 5.41) is 15.4. The molecule has 0 bridgehead atoms. The molecule has 0 aliphatic carbocycles. The number of cyclic esters (lactones) is 1. The minimum Gasteiger partial charge on any atom is -0.461 e. The fourth-order valence-corrected chi connectivity index (χ4v) is 7.93. The number of urea groups is 1. The number of nitrogens with one attached hydrogen (secondary N) is 4. The van der Waals surface area contributed by atoms with Crippen molar-refractivity contribution in [3.8, 4) is 0 Å². The SMILES string of the molecule is C[C@@H]1C[C@H]2C(=O)OC[C@H](NC(=O)[C@H](Cc3ccccc3)NC(=O)Nc3ccn(C)n3)C(=O)N3CCC[C@H]3C(=O)N3CCCC[C@H]3COCN[C@@H](C)C(=O)N2C1. The Morgan fingerprint density at radius 3 is 2.45 bits per heavy atom. The smallest absolute Gasteiger partial charge is 0.328 e. The number of fused-ring (bicyclic) bond motifs is 3. The van der Waals surface area contributed by atoms with Crippen molar-refractivity contribution in [3.05, 3.63) is 48.2 Å². The fraction of sp³-hybridized carbons (Fsp3) is 0.605. The lowest BCUT2D eigenvalue weighted by Gasteiger charge is -2.39. The molecule has 2 aromatic rings. The van der Waals surface area contributed by atoms with Gasteiger partial charge in [0.25, 0.3) is 0 Å². The minimum absolute atomic E-state index is 0.0203. The number of benzene rings is 1. The average molecular weight is 764 g/mol. The van der Waals surface area contributed by atoms with Crippen LogP contribution in [0.15, 0.2) is 42.6 Å². The lowest BCUT2D eigenvalue weighted by atomic mass is 10.0. The molecule has 4 fully saturated rings. The highest BCUT2D eigenvalue weighted by molar-refractivity contribution is 5.97. The first-order valence-corrected chi connectivity index (χ1v) is 19.3. The number of carbonyl (C=O) groups is 6. The van der Waals surface area contributed by atoms with Gasteiger partial charge in [0.05, 0.1) is 25.4 Å². The summed E-state index contributed by atoms with van der Waals surface area (Å²) in [5.41, 5.74) is 0.748. The zero-order chi connectivity index (χ0) is 39.1. The number of hydrogen-bond acceptors (Lipinski definition) is 10. The number of piperidine rings is 1. The summed E-state index contributed by atoms with van der Waals surface area (Å²) in [4.78, 5) is 88.1. The number of rotatable bonds is 6. The van der Waals surface area contributed by atoms with Gasteiger partial charge in [0.15, 0.2) is 5.82 Å². The van der Waals surface area contributed by atoms with Crippen LogP contribution in [0.2, 0.25) is 0 Å². The van der Waals surface area contributed by atoms with Crippen molar-refractivity contribution in [2.24, 2.45) is 13.0 Å². The number of aryl methyl sites for hydroxylation is 1. The highest BCUT2D eigenvalue weighted by Gasteiger charge is 2.44. The highest BCUT2D eigenvalue weighted by Crippen LogP contribution is 2.27. The van der Waals surface area contributed by atoms with Crippen molar-refractivity contribution in [1.82, 2.24) is 40.4 Å². The maximum absolute atomic E-state index is 14.5. The summed E-state index contributed by atoms with van der Waals surface area (Å²) in [7, 11) is 1.70. The van der Waals surface area contributed by atoms with Crippen LogP contribution in [0.25, 0.3) is 0 Å². The lowest BCUT2D eigenvalue weighted by molar-refractivity contribution is -0.157. The molecule has 298 valence electrons. The van der Waals surface area contributed by atoms with E-state index in [0.717, 1.165) is 24.8 Å². The summed E-state index contributed by atoms with van der Waals surface area (Å²) < 4.78 is 13.3. The maximum atomic E-state index is 14.5. The third kappa shape index (κ3) is 9.80. The largest absolute Gasteiger partial charge is 0.461 e. The first-order chi connectivity index (χ1) is 26.5. The number of carbonyl (C=O) groups excluding carboxylic acids is 6. The first kappa shape index (κ1) is 39.7. The van der Waals surface area contributed by atoms with Gasteiger partial charge in [-0.1, -0.05) is 37.3 Å². The molecule has 6 amide bonds. The van der Waals surface area contributed by atoms with Crippen LogP contribution in [-0.2, 0) is 46.9 Å². The second kappa shape index (κ2) is 18.1. The van der Waals surface area contributed by atoms with E-state index >= 15 is 0 Å². The average Bonchev–Trinajstić information content (AvgIpc) is 3.93. The van der Waals surface area contributed by atoms with Gasteiger partial charge in [0.2, 0.25) is 23.6 Å². The predicted octanol–water partition coefficient (Wildman–Crippen LogP) is 0.756. The standard InChI is InChI=1S/C38H53N9O8/c1-24-18-31-37(52)55-22-29(40-33(48)28(19-26-10-5-4-6-11-26)41-38(53)42-32-14-17-44(3)43-32)35(50)46-16-9-13-30(46)36(51)45-15-8-7-12-27(45)21-54-23-39-25(2)34(49)47(31)20-24/h4-6,10-11,14,17,24-25,27-31,39H,7-9,12-13,15-16,18-23H2,1-3H3,(H,40,48)(H2,41,42,43,53)/t24-,25+,27+,28+,29+,30+,31+/m1/s1. The van der Waals surface area contributed by atoms with Crippen molar-refractivity contribution < 1.29 is 38.2 Å². The summed E-state index contributed by atoms with van der Waals surface area (Å²) in [5.74, 6) is -2.16. The Labute approximate surface area is 320 Å². The Hall–Kier alpha value is -5.03. The molecule has 1 aromatic heterocycles. The van der Waals surface area contributed by atoms with Crippen LogP contribution in [0.4, 0.5) is 10.6 Å². The maximum Gasteiger partial charge on any atom is 0.328 e. The monoisotopic (exact) mass is 763 g/mol. The molecule has 0 saturated carbocycles. The number of hydrogen-bond donors (Lipinski definition) is 4. The zero-order valence-corrected chi connectivity index (χ0v) is 31.8. The van der Waals surface area contributed by atoms with Crippen molar-refractivity contribution in [2.45, 2.75) is 95.0 Å². The van der Waals surface area contributed by atoms with Gasteiger partial charge in [0, 0.05) is 45.4 Å². The van der Waals surface area contributed by atoms with E-state index in [1.165, 1.54) is 14.5 Å². The molecular formula is C38H53N9O8. The molecule has 4 aliphatic rings. The molecule has 4 N–H and O–H groups in total. The van der Waals surface area contributed by atoms with Crippen molar-refractivity contribution in [2.75, 3.05) is 44.9 Å². The molecule has 17 heteroatoms. The molecule has 4 aliphatic heterocycles. The number of ether oxygens (including phenoxy) is 2. The molecule has 55 heavy (non-hydrogen) atoms. The second-order valence-electron chi connectivity index (χ2n) is 15.1. The minimum atomic E-state index is -1.40. The van der Waals surface area contributed by atoms with Gasteiger partial charge in [-0.2, -0.15) is 5.10 Å². The van der Waals surface area contributed by atoms with Gasteiger partial charge in [-0.3, -0.25) is 34.5 Å². The van der Waals surface area contributed by atoms with E-state index in [-0.39, 0.29) is 55.9 Å². The Morgan fingerprint density at radius 1 is 0.909 bits per heavy atom. The Kier molecular flexibility index (Phi) is 13.0. The Morgan fingerprint density at radius 2 is 1.69 bits per heavy atom. The summed E-state index contributed by atoms with van der Waals surface area (Å²) in [6.07, 6.45) is 5.61. The molecule has 4 saturated heterocycles. The van der Waals surface area contributed by atoms with Gasteiger partial charge in [0.1, 0.15) is 30.8 Å². The van der Waals surface area contributed by atoms with Crippen LogP contribution in [0.5, 0.6) is 0 Å². The van der Waals surface area contributed by atoms with Crippen molar-refractivity contribution in [3.63, 3.8) is 0 Å². The number of anilines is 1.